The van der Waals surface area contributed by atoms with Gasteiger partial charge in [-0.15, -0.1) is 0 Å². The minimum absolute atomic E-state index is 0.517. The number of nitrogens with zero attached hydrogens (tertiary/aromatic N) is 3. The molecule has 2 aromatic heterocycles. The molecule has 0 unspecified atom stereocenters. The third-order valence-electron chi connectivity index (χ3n) is 3.05. The minimum Gasteiger partial charge on any atom is -0.237 e. The van der Waals surface area contributed by atoms with Gasteiger partial charge in [0.2, 0.25) is 0 Å². The lowest BCUT2D eigenvalue weighted by atomic mass is 9.97. The molecule has 3 nitrogen and oxygen atoms in total. The van der Waals surface area contributed by atoms with E-state index in [-0.39, 0.29) is 0 Å². The first-order chi connectivity index (χ1) is 7.81. The van der Waals surface area contributed by atoms with E-state index in [1.807, 2.05) is 16.8 Å². The van der Waals surface area contributed by atoms with Crippen LogP contribution < -0.4 is 0 Å². The van der Waals surface area contributed by atoms with Crippen molar-refractivity contribution in [2.75, 3.05) is 0 Å². The van der Waals surface area contributed by atoms with Crippen LogP contribution in [-0.4, -0.2) is 14.6 Å². The Balaban J connectivity index is 2.60. The molecule has 0 aliphatic heterocycles. The van der Waals surface area contributed by atoms with E-state index < -0.39 is 0 Å². The number of hydrogen-bond donors (Lipinski definition) is 1. The standard InChI is InChI=1S/C12H17N3S/c1-3-9(4-2)11-10(8-16)12-13-6-5-7-15(12)14-11/h5-7,9,16H,3-4,8H2,1-2H3. The van der Waals surface area contributed by atoms with Gasteiger partial charge in [-0.1, -0.05) is 13.8 Å². The number of hydrogen-bond acceptors (Lipinski definition) is 3. The highest BCUT2D eigenvalue weighted by molar-refractivity contribution is 7.79. The average Bonchev–Trinajstić information content (AvgIpc) is 2.69. The molecule has 0 bridgehead atoms. The molecule has 2 heterocycles. The maximum absolute atomic E-state index is 4.63. The fourth-order valence-corrected chi connectivity index (χ4v) is 2.41. The summed E-state index contributed by atoms with van der Waals surface area (Å²) in [5, 5.41) is 4.63. The van der Waals surface area contributed by atoms with Crippen LogP contribution in [0.2, 0.25) is 0 Å². The normalized spacial score (nSPS) is 11.5. The molecule has 4 heteroatoms. The van der Waals surface area contributed by atoms with Crippen LogP contribution >= 0.6 is 12.6 Å². The van der Waals surface area contributed by atoms with Gasteiger partial charge in [-0.2, -0.15) is 17.7 Å². The Morgan fingerprint density at radius 3 is 2.75 bits per heavy atom. The number of fused-ring (bicyclic) bond motifs is 1. The van der Waals surface area contributed by atoms with E-state index in [0.29, 0.717) is 11.7 Å². The van der Waals surface area contributed by atoms with Gasteiger partial charge in [0.15, 0.2) is 5.65 Å². The molecule has 86 valence electrons. The zero-order chi connectivity index (χ0) is 11.5. The molecule has 0 fully saturated rings. The van der Waals surface area contributed by atoms with E-state index in [9.17, 15) is 0 Å². The third-order valence-corrected chi connectivity index (χ3v) is 3.37. The minimum atomic E-state index is 0.517. The molecule has 0 saturated carbocycles. The summed E-state index contributed by atoms with van der Waals surface area (Å²) < 4.78 is 1.86. The molecule has 16 heavy (non-hydrogen) atoms. The second-order valence-electron chi connectivity index (χ2n) is 3.92. The second-order valence-corrected chi connectivity index (χ2v) is 4.24. The predicted octanol–water partition coefficient (Wildman–Crippen LogP) is 3.06. The lowest BCUT2D eigenvalue weighted by Crippen LogP contribution is -1.99. The Morgan fingerprint density at radius 2 is 2.12 bits per heavy atom. The lowest BCUT2D eigenvalue weighted by Gasteiger charge is -2.10. The third kappa shape index (κ3) is 1.82. The highest BCUT2D eigenvalue weighted by Gasteiger charge is 2.18. The zero-order valence-electron chi connectivity index (χ0n) is 9.72. The van der Waals surface area contributed by atoms with Crippen LogP contribution in [0.3, 0.4) is 0 Å². The second kappa shape index (κ2) is 4.87. The smallest absolute Gasteiger partial charge is 0.159 e. The molecule has 0 amide bonds. The van der Waals surface area contributed by atoms with E-state index in [1.54, 1.807) is 6.20 Å². The van der Waals surface area contributed by atoms with Crippen LogP contribution in [-0.2, 0) is 5.75 Å². The van der Waals surface area contributed by atoms with Gasteiger partial charge in [0.1, 0.15) is 0 Å². The number of thiol groups is 1. The topological polar surface area (TPSA) is 30.2 Å². The first-order valence-electron chi connectivity index (χ1n) is 5.74. The van der Waals surface area contributed by atoms with E-state index in [4.69, 9.17) is 0 Å². The number of rotatable bonds is 4. The monoisotopic (exact) mass is 235 g/mol. The van der Waals surface area contributed by atoms with Crippen molar-refractivity contribution in [1.29, 1.82) is 0 Å². The van der Waals surface area contributed by atoms with E-state index >= 15 is 0 Å². The van der Waals surface area contributed by atoms with Crippen molar-refractivity contribution in [2.45, 2.75) is 38.4 Å². The van der Waals surface area contributed by atoms with Crippen LogP contribution in [0.4, 0.5) is 0 Å². The Morgan fingerprint density at radius 1 is 1.38 bits per heavy atom. The number of aromatic nitrogens is 3. The van der Waals surface area contributed by atoms with Gasteiger partial charge < -0.3 is 0 Å². The summed E-state index contributed by atoms with van der Waals surface area (Å²) in [6, 6.07) is 1.90. The van der Waals surface area contributed by atoms with Gasteiger partial charge in [0.25, 0.3) is 0 Å². The van der Waals surface area contributed by atoms with Crippen LogP contribution in [0.5, 0.6) is 0 Å². The van der Waals surface area contributed by atoms with Gasteiger partial charge in [-0.05, 0) is 18.9 Å². The average molecular weight is 235 g/mol. The van der Waals surface area contributed by atoms with Gasteiger partial charge >= 0.3 is 0 Å². The Kier molecular flexibility index (Phi) is 3.49. The van der Waals surface area contributed by atoms with Crippen molar-refractivity contribution in [3.63, 3.8) is 0 Å². The summed E-state index contributed by atoms with van der Waals surface area (Å²) in [6.07, 6.45) is 5.98. The summed E-state index contributed by atoms with van der Waals surface area (Å²) >= 11 is 4.40. The molecule has 0 radical (unpaired) electrons. The Labute approximate surface area is 101 Å². The van der Waals surface area contributed by atoms with Crippen molar-refractivity contribution < 1.29 is 0 Å². The van der Waals surface area contributed by atoms with E-state index in [2.05, 4.69) is 36.6 Å². The fraction of sp³-hybridized carbons (Fsp3) is 0.500. The summed E-state index contributed by atoms with van der Waals surface area (Å²) in [7, 11) is 0. The molecular formula is C12H17N3S. The van der Waals surface area contributed by atoms with Gasteiger partial charge in [0, 0.05) is 29.6 Å². The maximum Gasteiger partial charge on any atom is 0.159 e. The van der Waals surface area contributed by atoms with Crippen LogP contribution in [0.25, 0.3) is 5.65 Å². The fourth-order valence-electron chi connectivity index (χ4n) is 2.11. The summed E-state index contributed by atoms with van der Waals surface area (Å²) in [4.78, 5) is 4.38. The SMILES string of the molecule is CCC(CC)c1nn2cccnc2c1CS. The maximum atomic E-state index is 4.63. The zero-order valence-corrected chi connectivity index (χ0v) is 10.6. The summed E-state index contributed by atoms with van der Waals surface area (Å²) in [5.41, 5.74) is 3.29. The van der Waals surface area contributed by atoms with Crippen molar-refractivity contribution in [3.05, 3.63) is 29.7 Å². The van der Waals surface area contributed by atoms with E-state index in [1.165, 1.54) is 11.3 Å². The molecule has 0 aromatic carbocycles. The quantitative estimate of drug-likeness (QED) is 0.825. The largest absolute Gasteiger partial charge is 0.237 e. The van der Waals surface area contributed by atoms with Crippen LogP contribution in [0.15, 0.2) is 18.5 Å². The van der Waals surface area contributed by atoms with Crippen molar-refractivity contribution in [1.82, 2.24) is 14.6 Å². The molecule has 0 aliphatic carbocycles. The molecule has 0 aliphatic rings. The first-order valence-corrected chi connectivity index (χ1v) is 6.38. The first kappa shape index (κ1) is 11.5. The van der Waals surface area contributed by atoms with Crippen LogP contribution in [0, 0.1) is 0 Å². The van der Waals surface area contributed by atoms with Gasteiger partial charge in [-0.3, -0.25) is 0 Å². The highest BCUT2D eigenvalue weighted by atomic mass is 32.1. The Bertz CT molecular complexity index is 474. The lowest BCUT2D eigenvalue weighted by molar-refractivity contribution is 0.613. The summed E-state index contributed by atoms with van der Waals surface area (Å²) in [6.45, 7) is 4.40. The Hall–Kier alpha value is -1.03. The van der Waals surface area contributed by atoms with Crippen LogP contribution in [0.1, 0.15) is 43.9 Å². The van der Waals surface area contributed by atoms with Gasteiger partial charge in [0.05, 0.1) is 5.69 Å². The molecular weight excluding hydrogens is 218 g/mol. The van der Waals surface area contributed by atoms with Crippen molar-refractivity contribution in [3.8, 4) is 0 Å². The molecule has 2 aromatic rings. The molecule has 0 spiro atoms. The van der Waals surface area contributed by atoms with Gasteiger partial charge in [-0.25, -0.2) is 9.50 Å². The molecule has 0 saturated heterocycles. The molecule has 0 N–H and O–H groups in total. The molecule has 0 atom stereocenters. The molecule has 2 rings (SSSR count). The van der Waals surface area contributed by atoms with Crippen molar-refractivity contribution in [2.24, 2.45) is 0 Å². The van der Waals surface area contributed by atoms with E-state index in [0.717, 1.165) is 18.5 Å². The highest BCUT2D eigenvalue weighted by Crippen LogP contribution is 2.28. The van der Waals surface area contributed by atoms with Crippen molar-refractivity contribution >= 4 is 18.3 Å². The summed E-state index contributed by atoms with van der Waals surface area (Å²) in [5.74, 6) is 1.22. The predicted molar refractivity (Wildman–Crippen MR) is 69.0 cm³/mol.